The van der Waals surface area contributed by atoms with E-state index in [0.717, 1.165) is 25.6 Å². The zero-order chi connectivity index (χ0) is 14.9. The maximum absolute atomic E-state index is 4.52. The van der Waals surface area contributed by atoms with Crippen molar-refractivity contribution >= 4 is 11.9 Å². The number of nitrogens with one attached hydrogen (secondary N) is 1. The molecule has 1 saturated carbocycles. The van der Waals surface area contributed by atoms with Gasteiger partial charge < -0.3 is 10.2 Å². The molecule has 116 valence electrons. The van der Waals surface area contributed by atoms with Gasteiger partial charge in [0.2, 0.25) is 0 Å². The van der Waals surface area contributed by atoms with Crippen LogP contribution in [0.2, 0.25) is 0 Å². The number of benzene rings is 1. The van der Waals surface area contributed by atoms with Gasteiger partial charge >= 0.3 is 0 Å². The highest BCUT2D eigenvalue weighted by molar-refractivity contribution is 5.80. The van der Waals surface area contributed by atoms with E-state index in [1.54, 1.807) is 0 Å². The average molecular weight is 287 g/mol. The molecule has 0 atom stereocenters. The number of anilines is 1. The zero-order valence-electron chi connectivity index (χ0n) is 13.5. The molecule has 2 rings (SSSR count). The molecule has 3 heteroatoms. The van der Waals surface area contributed by atoms with Gasteiger partial charge in [-0.15, -0.1) is 0 Å². The number of nitrogens with zero attached hydrogens (tertiary/aromatic N) is 2. The van der Waals surface area contributed by atoms with Gasteiger partial charge in [-0.3, -0.25) is 4.99 Å². The molecule has 1 aliphatic carbocycles. The summed E-state index contributed by atoms with van der Waals surface area (Å²) < 4.78 is 0. The maximum Gasteiger partial charge on any atom is 0.0401 e. The molecule has 0 spiro atoms. The molecule has 0 heterocycles. The molecule has 1 fully saturated rings. The molecular weight excluding hydrogens is 258 g/mol. The predicted molar refractivity (Wildman–Crippen MR) is 92.7 cm³/mol. The summed E-state index contributed by atoms with van der Waals surface area (Å²) in [5.41, 5.74) is 2.41. The summed E-state index contributed by atoms with van der Waals surface area (Å²) in [7, 11) is 4.12. The van der Waals surface area contributed by atoms with Crippen LogP contribution >= 0.6 is 0 Å². The van der Waals surface area contributed by atoms with E-state index in [4.69, 9.17) is 0 Å². The fraction of sp³-hybridized carbons (Fsp3) is 0.611. The van der Waals surface area contributed by atoms with E-state index in [1.165, 1.54) is 43.4 Å². The van der Waals surface area contributed by atoms with Crippen LogP contribution in [0.1, 0.15) is 44.1 Å². The molecule has 1 aliphatic rings. The largest absolute Gasteiger partial charge is 0.378 e. The van der Waals surface area contributed by atoms with Gasteiger partial charge in [0.15, 0.2) is 0 Å². The van der Waals surface area contributed by atoms with E-state index in [9.17, 15) is 0 Å². The molecule has 0 unspecified atom stereocenters. The lowest BCUT2D eigenvalue weighted by Gasteiger charge is -2.22. The second-order valence-corrected chi connectivity index (χ2v) is 6.16. The van der Waals surface area contributed by atoms with Crippen LogP contribution in [0.5, 0.6) is 0 Å². The Hall–Kier alpha value is -1.35. The topological polar surface area (TPSA) is 27.6 Å². The first kappa shape index (κ1) is 16.0. The summed E-state index contributed by atoms with van der Waals surface area (Å²) in [5, 5.41) is 3.66. The predicted octanol–water partition coefficient (Wildman–Crippen LogP) is 3.48. The summed E-state index contributed by atoms with van der Waals surface area (Å²) >= 11 is 0. The Bertz CT molecular complexity index is 417. The van der Waals surface area contributed by atoms with Gasteiger partial charge in [-0.1, -0.05) is 31.4 Å². The third-order valence-corrected chi connectivity index (χ3v) is 4.15. The normalized spacial score (nSPS) is 16.5. The smallest absolute Gasteiger partial charge is 0.0401 e. The molecule has 1 aromatic carbocycles. The monoisotopic (exact) mass is 287 g/mol. The summed E-state index contributed by atoms with van der Waals surface area (Å²) in [6, 6.07) is 9.28. The number of hydrogen-bond acceptors (Lipinski definition) is 3. The van der Waals surface area contributed by atoms with E-state index in [-0.39, 0.29) is 0 Å². The Morgan fingerprint density at radius 2 is 1.86 bits per heavy atom. The lowest BCUT2D eigenvalue weighted by atomic mass is 9.95. The molecule has 1 aromatic rings. The standard InChI is InChI=1S/C18H29N3/c1-21(2)18-11-9-16(10-12-18)15-19-13-6-14-20-17-7-4-3-5-8-17/h9-12,15,17,20H,3-8,13-14H2,1-2H3. The average Bonchev–Trinajstić information content (AvgIpc) is 2.52. The van der Waals surface area contributed by atoms with Gasteiger partial charge in [0.05, 0.1) is 0 Å². The Kier molecular flexibility index (Phi) is 6.74. The third-order valence-electron chi connectivity index (χ3n) is 4.15. The van der Waals surface area contributed by atoms with Crippen molar-refractivity contribution in [2.75, 3.05) is 32.1 Å². The lowest BCUT2D eigenvalue weighted by molar-refractivity contribution is 0.373. The van der Waals surface area contributed by atoms with E-state index >= 15 is 0 Å². The molecule has 1 N–H and O–H groups in total. The van der Waals surface area contributed by atoms with Gasteiger partial charge in [0, 0.05) is 38.6 Å². The van der Waals surface area contributed by atoms with Crippen molar-refractivity contribution < 1.29 is 0 Å². The second-order valence-electron chi connectivity index (χ2n) is 6.16. The molecule has 0 bridgehead atoms. The van der Waals surface area contributed by atoms with Crippen LogP contribution in [0.4, 0.5) is 5.69 Å². The van der Waals surface area contributed by atoms with Crippen LogP contribution in [-0.2, 0) is 0 Å². The first-order valence-corrected chi connectivity index (χ1v) is 8.26. The van der Waals surface area contributed by atoms with Crippen LogP contribution < -0.4 is 10.2 Å². The van der Waals surface area contributed by atoms with Crippen LogP contribution in [0, 0.1) is 0 Å². The van der Waals surface area contributed by atoms with Crippen molar-refractivity contribution in [3.63, 3.8) is 0 Å². The highest BCUT2D eigenvalue weighted by Crippen LogP contribution is 2.17. The third kappa shape index (κ3) is 5.88. The van der Waals surface area contributed by atoms with E-state index in [2.05, 4.69) is 53.6 Å². The second kappa shape index (κ2) is 8.83. The zero-order valence-corrected chi connectivity index (χ0v) is 13.5. The van der Waals surface area contributed by atoms with Crippen molar-refractivity contribution in [3.05, 3.63) is 29.8 Å². The molecule has 21 heavy (non-hydrogen) atoms. The fourth-order valence-corrected chi connectivity index (χ4v) is 2.81. The number of hydrogen-bond donors (Lipinski definition) is 1. The van der Waals surface area contributed by atoms with Crippen LogP contribution in [0.3, 0.4) is 0 Å². The molecule has 3 nitrogen and oxygen atoms in total. The Balaban J connectivity index is 1.61. The highest BCUT2D eigenvalue weighted by Gasteiger charge is 2.11. The van der Waals surface area contributed by atoms with Crippen LogP contribution in [0.15, 0.2) is 29.3 Å². The van der Waals surface area contributed by atoms with Gasteiger partial charge in [-0.25, -0.2) is 0 Å². The summed E-state index contributed by atoms with van der Waals surface area (Å²) in [6.45, 7) is 2.01. The van der Waals surface area contributed by atoms with Crippen molar-refractivity contribution in [2.45, 2.75) is 44.6 Å². The summed E-state index contributed by atoms with van der Waals surface area (Å²) in [6.07, 6.45) is 10.1. The fourth-order valence-electron chi connectivity index (χ4n) is 2.81. The summed E-state index contributed by atoms with van der Waals surface area (Å²) in [4.78, 5) is 6.63. The minimum atomic E-state index is 0.765. The molecular formula is C18H29N3. The molecule has 0 aliphatic heterocycles. The van der Waals surface area contributed by atoms with Gasteiger partial charge in [-0.05, 0) is 43.5 Å². The van der Waals surface area contributed by atoms with Crippen molar-refractivity contribution in [3.8, 4) is 0 Å². The molecule has 0 radical (unpaired) electrons. The summed E-state index contributed by atoms with van der Waals surface area (Å²) in [5.74, 6) is 0. The Labute approximate surface area is 129 Å². The Morgan fingerprint density at radius 1 is 1.14 bits per heavy atom. The van der Waals surface area contributed by atoms with Gasteiger partial charge in [0.1, 0.15) is 0 Å². The first-order valence-electron chi connectivity index (χ1n) is 8.26. The van der Waals surface area contributed by atoms with Gasteiger partial charge in [0.25, 0.3) is 0 Å². The van der Waals surface area contributed by atoms with Crippen LogP contribution in [0.25, 0.3) is 0 Å². The minimum Gasteiger partial charge on any atom is -0.378 e. The lowest BCUT2D eigenvalue weighted by Crippen LogP contribution is -2.31. The van der Waals surface area contributed by atoms with Crippen molar-refractivity contribution in [1.29, 1.82) is 0 Å². The van der Waals surface area contributed by atoms with E-state index in [0.29, 0.717) is 0 Å². The molecule has 0 amide bonds. The Morgan fingerprint density at radius 3 is 2.52 bits per heavy atom. The molecule has 0 aromatic heterocycles. The number of aliphatic imine (C=N–C) groups is 1. The highest BCUT2D eigenvalue weighted by atomic mass is 15.1. The first-order chi connectivity index (χ1) is 10.3. The SMILES string of the molecule is CN(C)c1ccc(C=NCCCNC2CCCCC2)cc1. The van der Waals surface area contributed by atoms with Crippen LogP contribution in [-0.4, -0.2) is 39.4 Å². The number of rotatable bonds is 7. The van der Waals surface area contributed by atoms with Crippen molar-refractivity contribution in [2.24, 2.45) is 4.99 Å². The molecule has 0 saturated heterocycles. The van der Waals surface area contributed by atoms with Crippen molar-refractivity contribution in [1.82, 2.24) is 5.32 Å². The van der Waals surface area contributed by atoms with Gasteiger partial charge in [-0.2, -0.15) is 0 Å². The minimum absolute atomic E-state index is 0.765. The van der Waals surface area contributed by atoms with E-state index < -0.39 is 0 Å². The quantitative estimate of drug-likeness (QED) is 0.614. The maximum atomic E-state index is 4.52. The van der Waals surface area contributed by atoms with E-state index in [1.807, 2.05) is 6.21 Å².